The molecule has 138 valence electrons. The van der Waals surface area contributed by atoms with Crippen LogP contribution in [-0.2, 0) is 4.74 Å². The molecule has 6 nitrogen and oxygen atoms in total. The Morgan fingerprint density at radius 2 is 1.92 bits per heavy atom. The fourth-order valence-corrected chi connectivity index (χ4v) is 2.58. The van der Waals surface area contributed by atoms with Gasteiger partial charge in [0.15, 0.2) is 0 Å². The fraction of sp³-hybridized carbons (Fsp3) is 0.316. The molecule has 0 bridgehead atoms. The summed E-state index contributed by atoms with van der Waals surface area (Å²) in [6.45, 7) is 3.18. The molecule has 2 amide bonds. The van der Waals surface area contributed by atoms with Crippen LogP contribution in [0.2, 0.25) is 5.02 Å². The first-order valence-corrected chi connectivity index (χ1v) is 8.82. The van der Waals surface area contributed by atoms with Crippen molar-refractivity contribution in [2.75, 3.05) is 19.7 Å². The van der Waals surface area contributed by atoms with Gasteiger partial charge in [0.2, 0.25) is 0 Å². The number of carbonyl (C=O) groups is 2. The number of rotatable bonds is 9. The van der Waals surface area contributed by atoms with E-state index in [0.29, 0.717) is 42.3 Å². The third kappa shape index (κ3) is 6.13. The summed E-state index contributed by atoms with van der Waals surface area (Å²) < 4.78 is 5.63. The van der Waals surface area contributed by atoms with E-state index in [2.05, 4.69) is 15.6 Å². The van der Waals surface area contributed by atoms with Crippen molar-refractivity contribution in [2.45, 2.75) is 19.4 Å². The molecular formula is C19H22ClN3O3. The SMILES string of the molecule is CCOC(CCNC(=O)c1ccccc1)CNC(=O)c1ccncc1Cl. The minimum absolute atomic E-state index is 0.131. The zero-order valence-electron chi connectivity index (χ0n) is 14.6. The van der Waals surface area contributed by atoms with E-state index in [1.54, 1.807) is 18.2 Å². The highest BCUT2D eigenvalue weighted by molar-refractivity contribution is 6.33. The number of hydrogen-bond donors (Lipinski definition) is 2. The zero-order valence-corrected chi connectivity index (χ0v) is 15.3. The lowest BCUT2D eigenvalue weighted by atomic mass is 10.2. The van der Waals surface area contributed by atoms with Gasteiger partial charge < -0.3 is 15.4 Å². The van der Waals surface area contributed by atoms with Gasteiger partial charge in [0.25, 0.3) is 11.8 Å². The van der Waals surface area contributed by atoms with Crippen LogP contribution in [0.3, 0.4) is 0 Å². The van der Waals surface area contributed by atoms with E-state index in [9.17, 15) is 9.59 Å². The molecular weight excluding hydrogens is 354 g/mol. The molecule has 0 aliphatic heterocycles. The molecule has 7 heteroatoms. The van der Waals surface area contributed by atoms with Crippen LogP contribution in [-0.4, -0.2) is 42.6 Å². The number of nitrogens with zero attached hydrogens (tertiary/aromatic N) is 1. The van der Waals surface area contributed by atoms with Gasteiger partial charge in [-0.05, 0) is 31.5 Å². The maximum absolute atomic E-state index is 12.2. The standard InChI is InChI=1S/C19H22ClN3O3/c1-2-26-15(8-11-22-18(24)14-6-4-3-5-7-14)12-23-19(25)16-9-10-21-13-17(16)20/h3-7,9-10,13,15H,2,8,11-12H2,1H3,(H,22,24)(H,23,25). The van der Waals surface area contributed by atoms with Crippen LogP contribution >= 0.6 is 11.6 Å². The Kier molecular flexibility index (Phi) is 8.05. The first-order valence-electron chi connectivity index (χ1n) is 8.44. The molecule has 0 saturated heterocycles. The number of nitrogens with one attached hydrogen (secondary N) is 2. The van der Waals surface area contributed by atoms with Crippen molar-refractivity contribution in [3.63, 3.8) is 0 Å². The quantitative estimate of drug-likeness (QED) is 0.706. The first kappa shape index (κ1) is 19.9. The molecule has 0 fully saturated rings. The molecule has 2 rings (SSSR count). The highest BCUT2D eigenvalue weighted by Gasteiger charge is 2.14. The van der Waals surface area contributed by atoms with Crippen molar-refractivity contribution >= 4 is 23.4 Å². The Labute approximate surface area is 157 Å². The molecule has 1 aromatic carbocycles. The Bertz CT molecular complexity index is 725. The molecule has 0 spiro atoms. The van der Waals surface area contributed by atoms with E-state index in [1.807, 2.05) is 25.1 Å². The second-order valence-electron chi connectivity index (χ2n) is 5.55. The van der Waals surface area contributed by atoms with Gasteiger partial charge in [-0.15, -0.1) is 0 Å². The van der Waals surface area contributed by atoms with Gasteiger partial charge in [0, 0.05) is 37.7 Å². The largest absolute Gasteiger partial charge is 0.377 e. The van der Waals surface area contributed by atoms with Crippen molar-refractivity contribution in [3.05, 3.63) is 64.9 Å². The lowest BCUT2D eigenvalue weighted by Crippen LogP contribution is -2.36. The topological polar surface area (TPSA) is 80.3 Å². The van der Waals surface area contributed by atoms with Crippen LogP contribution in [0, 0.1) is 0 Å². The van der Waals surface area contributed by atoms with Gasteiger partial charge in [0.05, 0.1) is 16.7 Å². The number of aromatic nitrogens is 1. The predicted octanol–water partition coefficient (Wildman–Crippen LogP) is 2.69. The van der Waals surface area contributed by atoms with Crippen LogP contribution < -0.4 is 10.6 Å². The Balaban J connectivity index is 1.80. The van der Waals surface area contributed by atoms with Gasteiger partial charge in [-0.25, -0.2) is 0 Å². The molecule has 0 aliphatic carbocycles. The summed E-state index contributed by atoms with van der Waals surface area (Å²) in [7, 11) is 0. The number of carbonyl (C=O) groups excluding carboxylic acids is 2. The molecule has 0 aliphatic rings. The molecule has 1 aromatic heterocycles. The van der Waals surface area contributed by atoms with E-state index in [0.717, 1.165) is 0 Å². The molecule has 0 saturated carbocycles. The van der Waals surface area contributed by atoms with Crippen molar-refractivity contribution in [1.82, 2.24) is 15.6 Å². The summed E-state index contributed by atoms with van der Waals surface area (Å²) >= 11 is 5.97. The smallest absolute Gasteiger partial charge is 0.252 e. The van der Waals surface area contributed by atoms with Gasteiger partial charge in [0.1, 0.15) is 0 Å². The van der Waals surface area contributed by atoms with Crippen molar-refractivity contribution < 1.29 is 14.3 Å². The van der Waals surface area contributed by atoms with Gasteiger partial charge in [-0.1, -0.05) is 29.8 Å². The number of halogens is 1. The number of ether oxygens (including phenoxy) is 1. The van der Waals surface area contributed by atoms with Crippen molar-refractivity contribution in [1.29, 1.82) is 0 Å². The fourth-order valence-electron chi connectivity index (χ4n) is 2.38. The lowest BCUT2D eigenvalue weighted by molar-refractivity contribution is 0.0534. The summed E-state index contributed by atoms with van der Waals surface area (Å²) in [5, 5.41) is 5.96. The predicted molar refractivity (Wildman–Crippen MR) is 100 cm³/mol. The second kappa shape index (κ2) is 10.5. The maximum Gasteiger partial charge on any atom is 0.252 e. The summed E-state index contributed by atoms with van der Waals surface area (Å²) in [5.41, 5.74) is 0.982. The lowest BCUT2D eigenvalue weighted by Gasteiger charge is -2.18. The van der Waals surface area contributed by atoms with E-state index in [-0.39, 0.29) is 17.9 Å². The third-order valence-corrected chi connectivity index (χ3v) is 4.00. The first-order chi connectivity index (χ1) is 12.6. The maximum atomic E-state index is 12.2. The molecule has 2 N–H and O–H groups in total. The van der Waals surface area contributed by atoms with E-state index < -0.39 is 0 Å². The molecule has 1 unspecified atom stereocenters. The Morgan fingerprint density at radius 3 is 2.62 bits per heavy atom. The number of amides is 2. The minimum atomic E-state index is -0.282. The highest BCUT2D eigenvalue weighted by atomic mass is 35.5. The van der Waals surface area contributed by atoms with Crippen LogP contribution in [0.15, 0.2) is 48.8 Å². The molecule has 26 heavy (non-hydrogen) atoms. The molecule has 1 atom stereocenters. The zero-order chi connectivity index (χ0) is 18.8. The van der Waals surface area contributed by atoms with Crippen LogP contribution in [0.4, 0.5) is 0 Å². The van der Waals surface area contributed by atoms with Crippen LogP contribution in [0.5, 0.6) is 0 Å². The van der Waals surface area contributed by atoms with Gasteiger partial charge in [-0.3, -0.25) is 14.6 Å². The second-order valence-corrected chi connectivity index (χ2v) is 5.96. The normalized spacial score (nSPS) is 11.6. The van der Waals surface area contributed by atoms with E-state index >= 15 is 0 Å². The van der Waals surface area contributed by atoms with E-state index in [4.69, 9.17) is 16.3 Å². The summed E-state index contributed by atoms with van der Waals surface area (Å²) in [6.07, 6.45) is 3.31. The van der Waals surface area contributed by atoms with Crippen LogP contribution in [0.25, 0.3) is 0 Å². The summed E-state index contributed by atoms with van der Waals surface area (Å²) in [4.78, 5) is 28.1. The number of pyridine rings is 1. The Hall–Kier alpha value is -2.44. The average Bonchev–Trinajstić information content (AvgIpc) is 2.66. The van der Waals surface area contributed by atoms with E-state index in [1.165, 1.54) is 12.4 Å². The number of benzene rings is 1. The summed E-state index contributed by atoms with van der Waals surface area (Å²) in [6, 6.07) is 10.6. The minimum Gasteiger partial charge on any atom is -0.377 e. The highest BCUT2D eigenvalue weighted by Crippen LogP contribution is 2.13. The van der Waals surface area contributed by atoms with Crippen molar-refractivity contribution in [2.24, 2.45) is 0 Å². The monoisotopic (exact) mass is 375 g/mol. The average molecular weight is 376 g/mol. The molecule has 0 radical (unpaired) electrons. The van der Waals surface area contributed by atoms with Gasteiger partial charge in [-0.2, -0.15) is 0 Å². The van der Waals surface area contributed by atoms with Gasteiger partial charge >= 0.3 is 0 Å². The molecule has 1 heterocycles. The summed E-state index contributed by atoms with van der Waals surface area (Å²) in [5.74, 6) is -0.413. The third-order valence-electron chi connectivity index (χ3n) is 3.70. The van der Waals surface area contributed by atoms with Crippen LogP contribution in [0.1, 0.15) is 34.1 Å². The van der Waals surface area contributed by atoms with Crippen molar-refractivity contribution in [3.8, 4) is 0 Å². The molecule has 2 aromatic rings. The number of hydrogen-bond acceptors (Lipinski definition) is 4. The Morgan fingerprint density at radius 1 is 1.15 bits per heavy atom.